The Morgan fingerprint density at radius 3 is 2.81 bits per heavy atom. The second-order valence-corrected chi connectivity index (χ2v) is 4.78. The summed E-state index contributed by atoms with van der Waals surface area (Å²) in [4.78, 5) is 4.31. The van der Waals surface area contributed by atoms with Crippen LogP contribution in [0, 0.1) is 5.82 Å². The van der Waals surface area contributed by atoms with E-state index in [2.05, 4.69) is 4.98 Å². The van der Waals surface area contributed by atoms with E-state index >= 15 is 0 Å². The van der Waals surface area contributed by atoms with Crippen molar-refractivity contribution in [2.24, 2.45) is 5.73 Å². The maximum absolute atomic E-state index is 13.7. The molecule has 2 N–H and O–H groups in total. The van der Waals surface area contributed by atoms with Gasteiger partial charge in [0.05, 0.1) is 11.7 Å². The van der Waals surface area contributed by atoms with Gasteiger partial charge in [-0.05, 0) is 29.8 Å². The van der Waals surface area contributed by atoms with E-state index in [0.29, 0.717) is 17.9 Å². The zero-order valence-electron chi connectivity index (χ0n) is 11.4. The molecule has 0 fully saturated rings. The maximum Gasteiger partial charge on any atom is 0.138 e. The summed E-state index contributed by atoms with van der Waals surface area (Å²) in [5.41, 5.74) is 7.84. The Morgan fingerprint density at radius 2 is 1.95 bits per heavy atom. The first-order valence-electron chi connectivity index (χ1n) is 6.71. The molecule has 1 aromatic heterocycles. The molecule has 2 aromatic carbocycles. The largest absolute Gasteiger partial charge is 0.487 e. The third kappa shape index (κ3) is 3.01. The summed E-state index contributed by atoms with van der Waals surface area (Å²) in [6, 6.07) is 14.5. The van der Waals surface area contributed by atoms with Crippen LogP contribution >= 0.6 is 0 Å². The molecule has 0 saturated carbocycles. The average molecular weight is 282 g/mol. The van der Waals surface area contributed by atoms with Gasteiger partial charge in [-0.15, -0.1) is 0 Å². The van der Waals surface area contributed by atoms with Crippen LogP contribution < -0.4 is 10.5 Å². The normalized spacial score (nSPS) is 10.8. The van der Waals surface area contributed by atoms with E-state index in [1.54, 1.807) is 18.3 Å². The molecule has 0 aliphatic carbocycles. The third-order valence-electron chi connectivity index (χ3n) is 3.31. The molecule has 0 aliphatic heterocycles. The number of rotatable bonds is 4. The molecule has 3 nitrogen and oxygen atoms in total. The second kappa shape index (κ2) is 5.89. The van der Waals surface area contributed by atoms with Gasteiger partial charge in [-0.25, -0.2) is 4.39 Å². The number of ether oxygens (including phenoxy) is 1. The lowest BCUT2D eigenvalue weighted by Crippen LogP contribution is -2.02. The van der Waals surface area contributed by atoms with E-state index in [9.17, 15) is 4.39 Å². The first-order valence-corrected chi connectivity index (χ1v) is 6.71. The van der Waals surface area contributed by atoms with Crippen molar-refractivity contribution in [3.05, 3.63) is 71.7 Å². The minimum atomic E-state index is -0.291. The Hall–Kier alpha value is -2.46. The lowest BCUT2D eigenvalue weighted by molar-refractivity contribution is 0.299. The van der Waals surface area contributed by atoms with Crippen molar-refractivity contribution in [3.8, 4) is 5.75 Å². The van der Waals surface area contributed by atoms with Crippen molar-refractivity contribution in [3.63, 3.8) is 0 Å². The molecule has 4 heteroatoms. The molecule has 0 spiro atoms. The van der Waals surface area contributed by atoms with Gasteiger partial charge in [0.1, 0.15) is 18.2 Å². The number of halogens is 1. The number of nitrogens with zero attached hydrogens (tertiary/aromatic N) is 1. The number of aromatic nitrogens is 1. The number of benzene rings is 2. The summed E-state index contributed by atoms with van der Waals surface area (Å²) < 4.78 is 19.4. The maximum atomic E-state index is 13.7. The Labute approximate surface area is 122 Å². The molecule has 0 radical (unpaired) electrons. The Kier molecular flexibility index (Phi) is 3.79. The molecule has 0 aliphatic rings. The highest BCUT2D eigenvalue weighted by atomic mass is 19.1. The van der Waals surface area contributed by atoms with E-state index in [4.69, 9.17) is 10.5 Å². The van der Waals surface area contributed by atoms with Gasteiger partial charge in [0, 0.05) is 17.5 Å². The van der Waals surface area contributed by atoms with Crippen molar-refractivity contribution in [2.75, 3.05) is 0 Å². The van der Waals surface area contributed by atoms with Crippen LogP contribution in [0.1, 0.15) is 11.1 Å². The minimum Gasteiger partial charge on any atom is -0.487 e. The van der Waals surface area contributed by atoms with Crippen LogP contribution in [-0.4, -0.2) is 4.98 Å². The number of nitrogens with two attached hydrogens (primary N) is 1. The van der Waals surface area contributed by atoms with E-state index in [0.717, 1.165) is 16.5 Å². The van der Waals surface area contributed by atoms with E-state index in [1.165, 1.54) is 6.07 Å². The third-order valence-corrected chi connectivity index (χ3v) is 3.31. The summed E-state index contributed by atoms with van der Waals surface area (Å²) in [6.07, 6.45) is 1.65. The van der Waals surface area contributed by atoms with Gasteiger partial charge >= 0.3 is 0 Å². The predicted octanol–water partition coefficient (Wildman–Crippen LogP) is 3.41. The van der Waals surface area contributed by atoms with E-state index < -0.39 is 0 Å². The smallest absolute Gasteiger partial charge is 0.138 e. The van der Waals surface area contributed by atoms with Crippen LogP contribution in [0.3, 0.4) is 0 Å². The highest BCUT2D eigenvalue weighted by Crippen LogP contribution is 2.20. The molecule has 21 heavy (non-hydrogen) atoms. The fraction of sp³-hybridized carbons (Fsp3) is 0.118. The van der Waals surface area contributed by atoms with Gasteiger partial charge in [0.15, 0.2) is 0 Å². The molecule has 0 bridgehead atoms. The molecule has 0 unspecified atom stereocenters. The summed E-state index contributed by atoms with van der Waals surface area (Å²) in [5, 5.41) is 0.992. The van der Waals surface area contributed by atoms with Gasteiger partial charge in [0.2, 0.25) is 0 Å². The van der Waals surface area contributed by atoms with Crippen molar-refractivity contribution >= 4 is 10.9 Å². The molecule has 1 heterocycles. The predicted molar refractivity (Wildman–Crippen MR) is 80.4 cm³/mol. The van der Waals surface area contributed by atoms with Gasteiger partial charge in [0.25, 0.3) is 0 Å². The van der Waals surface area contributed by atoms with Gasteiger partial charge in [-0.3, -0.25) is 4.98 Å². The number of para-hydroxylation sites is 1. The van der Waals surface area contributed by atoms with Crippen molar-refractivity contribution in [1.82, 2.24) is 4.98 Å². The zero-order valence-corrected chi connectivity index (χ0v) is 11.4. The highest BCUT2D eigenvalue weighted by Gasteiger charge is 2.05. The SMILES string of the molecule is NCc1ccc(F)c(COc2cnc3ccccc3c2)c1. The number of hydrogen-bond acceptors (Lipinski definition) is 3. The summed E-state index contributed by atoms with van der Waals surface area (Å²) >= 11 is 0. The lowest BCUT2D eigenvalue weighted by atomic mass is 10.1. The molecule has 106 valence electrons. The molecule has 0 atom stereocenters. The first-order chi connectivity index (χ1) is 10.3. The van der Waals surface area contributed by atoms with Crippen molar-refractivity contribution in [2.45, 2.75) is 13.2 Å². The fourth-order valence-corrected chi connectivity index (χ4v) is 2.16. The van der Waals surface area contributed by atoms with Crippen LogP contribution in [0.15, 0.2) is 54.7 Å². The second-order valence-electron chi connectivity index (χ2n) is 4.78. The fourth-order valence-electron chi connectivity index (χ4n) is 2.16. The summed E-state index contributed by atoms with van der Waals surface area (Å²) in [7, 11) is 0. The summed E-state index contributed by atoms with van der Waals surface area (Å²) in [6.45, 7) is 0.532. The average Bonchev–Trinajstić information content (AvgIpc) is 2.54. The van der Waals surface area contributed by atoms with E-state index in [1.807, 2.05) is 30.3 Å². The van der Waals surface area contributed by atoms with Crippen LogP contribution in [0.2, 0.25) is 0 Å². The standard InChI is InChI=1S/C17H15FN2O/c18-16-6-5-12(9-19)7-14(16)11-21-15-8-13-3-1-2-4-17(13)20-10-15/h1-8,10H,9,11,19H2. The Bertz CT molecular complexity index is 774. The van der Waals surface area contributed by atoms with Crippen molar-refractivity contribution in [1.29, 1.82) is 0 Å². The Balaban J connectivity index is 1.80. The molecule has 3 rings (SSSR count). The van der Waals surface area contributed by atoms with E-state index in [-0.39, 0.29) is 12.4 Å². The highest BCUT2D eigenvalue weighted by molar-refractivity contribution is 5.79. The summed E-state index contributed by atoms with van der Waals surface area (Å²) in [5.74, 6) is 0.326. The first kappa shape index (κ1) is 13.5. The molecular formula is C17H15FN2O. The topological polar surface area (TPSA) is 48.1 Å². The molecule has 3 aromatic rings. The van der Waals surface area contributed by atoms with Crippen LogP contribution in [0.5, 0.6) is 5.75 Å². The molecule has 0 amide bonds. The van der Waals surface area contributed by atoms with Gasteiger partial charge in [-0.1, -0.05) is 24.3 Å². The zero-order chi connectivity index (χ0) is 14.7. The number of fused-ring (bicyclic) bond motifs is 1. The monoisotopic (exact) mass is 282 g/mol. The molecular weight excluding hydrogens is 267 g/mol. The van der Waals surface area contributed by atoms with Gasteiger partial charge < -0.3 is 10.5 Å². The van der Waals surface area contributed by atoms with Crippen LogP contribution in [-0.2, 0) is 13.2 Å². The number of hydrogen-bond donors (Lipinski definition) is 1. The quantitative estimate of drug-likeness (QED) is 0.797. The van der Waals surface area contributed by atoms with Crippen LogP contribution in [0.25, 0.3) is 10.9 Å². The lowest BCUT2D eigenvalue weighted by Gasteiger charge is -2.09. The van der Waals surface area contributed by atoms with Crippen molar-refractivity contribution < 1.29 is 9.13 Å². The van der Waals surface area contributed by atoms with Crippen LogP contribution in [0.4, 0.5) is 4.39 Å². The molecule has 0 saturated heterocycles. The van der Waals surface area contributed by atoms with Gasteiger partial charge in [-0.2, -0.15) is 0 Å². The Morgan fingerprint density at radius 1 is 1.10 bits per heavy atom. The minimum absolute atomic E-state index is 0.152. The number of pyridine rings is 1.